The molecular weight excluding hydrogens is 604 g/mol. The zero-order chi connectivity index (χ0) is 35.0. The van der Waals surface area contributed by atoms with Crippen LogP contribution in [0.1, 0.15) is 38.6 Å². The van der Waals surface area contributed by atoms with Crippen molar-refractivity contribution in [2.75, 3.05) is 50.3 Å². The summed E-state index contributed by atoms with van der Waals surface area (Å²) in [5.41, 5.74) is 4.72. The van der Waals surface area contributed by atoms with Gasteiger partial charge in [0.25, 0.3) is 0 Å². The van der Waals surface area contributed by atoms with Gasteiger partial charge >= 0.3 is 6.01 Å². The van der Waals surface area contributed by atoms with E-state index in [2.05, 4.69) is 21.4 Å². The van der Waals surface area contributed by atoms with Gasteiger partial charge in [0.2, 0.25) is 0 Å². The predicted octanol–water partition coefficient (Wildman–Crippen LogP) is 6.27. The van der Waals surface area contributed by atoms with E-state index < -0.39 is 30.8 Å². The molecule has 2 aromatic heterocycles. The number of nitrogens with zero attached hydrogens (tertiary/aromatic N) is 5. The van der Waals surface area contributed by atoms with E-state index in [0.717, 1.165) is 17.7 Å². The van der Waals surface area contributed by atoms with Crippen LogP contribution in [0.15, 0.2) is 36.2 Å². The molecule has 7 rings (SSSR count). The number of thiophene rings is 1. The third-order valence-corrected chi connectivity index (χ3v) is 10.1. The highest BCUT2D eigenvalue weighted by atomic mass is 35.5. The van der Waals surface area contributed by atoms with E-state index in [0.29, 0.717) is 35.1 Å². The first-order valence-electron chi connectivity index (χ1n) is 16.8. The fourth-order valence-corrected chi connectivity index (χ4v) is 7.92. The molecule has 3 atom stereocenters. The van der Waals surface area contributed by atoms with Gasteiger partial charge < -0.3 is 25.6 Å². The minimum Gasteiger partial charge on any atom is -0.462 e. The van der Waals surface area contributed by atoms with Gasteiger partial charge in [-0.25, -0.2) is 8.78 Å². The van der Waals surface area contributed by atoms with Crippen molar-refractivity contribution in [3.05, 3.63) is 52.6 Å². The van der Waals surface area contributed by atoms with Crippen molar-refractivity contribution in [2.24, 2.45) is 5.41 Å². The standard InChI is InChI=1S/C32H32ClF2N7OS/c1-32(15-41(2)9-8-17(32)11-34)16-43-31-39-28-21(30(40-31)42-13-18-6-7-19(14-42)38-18)10-23(33)26(27(28)35)20-4-3-5-24-25(20)22(12-36)29(37)44-24/h3-5,10-11,18-19,38H,6-9,13-16,37H2,1-2H3/b17-11+/t18-,19+,32-/m0/s1/i2D3,16D2. The lowest BCUT2D eigenvalue weighted by Gasteiger charge is -2.40. The summed E-state index contributed by atoms with van der Waals surface area (Å²) in [5, 5.41) is 14.5. The lowest BCUT2D eigenvalue weighted by Crippen LogP contribution is -2.51. The molecule has 5 heterocycles. The highest BCUT2D eigenvalue weighted by molar-refractivity contribution is 7.23. The molecule has 3 saturated heterocycles. The number of piperazine rings is 1. The molecule has 12 heteroatoms. The number of likely N-dealkylation sites (tertiary alicyclic amines) is 1. The van der Waals surface area contributed by atoms with E-state index in [-0.39, 0.29) is 75.0 Å². The molecule has 3 fully saturated rings. The van der Waals surface area contributed by atoms with E-state index in [4.69, 9.17) is 28.9 Å². The normalized spacial score (nSPS) is 27.1. The summed E-state index contributed by atoms with van der Waals surface area (Å²) in [6, 6.07) is 8.62. The average molecular weight is 641 g/mol. The second kappa shape index (κ2) is 11.1. The smallest absolute Gasteiger partial charge is 0.319 e. The number of nitrogens with two attached hydrogens (primary N) is 1. The van der Waals surface area contributed by atoms with Crippen LogP contribution in [0.25, 0.3) is 32.1 Å². The number of hydrogen-bond acceptors (Lipinski definition) is 9. The van der Waals surface area contributed by atoms with Gasteiger partial charge in [-0.2, -0.15) is 15.2 Å². The lowest BCUT2D eigenvalue weighted by atomic mass is 9.78. The Bertz CT molecular complexity index is 2060. The molecule has 44 heavy (non-hydrogen) atoms. The summed E-state index contributed by atoms with van der Waals surface area (Å²) in [7, 11) is 0. The molecule has 0 spiro atoms. The first-order chi connectivity index (χ1) is 23.1. The van der Waals surface area contributed by atoms with Crippen LogP contribution in [0.2, 0.25) is 5.02 Å². The van der Waals surface area contributed by atoms with Crippen molar-refractivity contribution in [1.82, 2.24) is 20.2 Å². The molecule has 0 amide bonds. The van der Waals surface area contributed by atoms with Gasteiger partial charge in [0, 0.05) is 68.8 Å². The van der Waals surface area contributed by atoms with Gasteiger partial charge in [-0.3, -0.25) is 0 Å². The molecule has 0 unspecified atom stereocenters. The number of nitrogens with one attached hydrogen (secondary N) is 1. The van der Waals surface area contributed by atoms with Crippen molar-refractivity contribution < 1.29 is 20.4 Å². The monoisotopic (exact) mass is 640 g/mol. The number of ether oxygens (including phenoxy) is 1. The number of hydrogen-bond donors (Lipinski definition) is 2. The maximum Gasteiger partial charge on any atom is 0.319 e. The Morgan fingerprint density at radius 2 is 2.16 bits per heavy atom. The number of anilines is 2. The summed E-state index contributed by atoms with van der Waals surface area (Å²) in [4.78, 5) is 12.1. The highest BCUT2D eigenvalue weighted by Crippen LogP contribution is 2.45. The largest absolute Gasteiger partial charge is 0.462 e. The topological polar surface area (TPSA) is 103 Å². The Labute approximate surface area is 270 Å². The van der Waals surface area contributed by atoms with Gasteiger partial charge in [-0.05, 0) is 49.5 Å². The van der Waals surface area contributed by atoms with Crippen LogP contribution < -0.4 is 20.7 Å². The molecule has 0 saturated carbocycles. The summed E-state index contributed by atoms with van der Waals surface area (Å²) in [6.07, 6.45) is 2.14. The Morgan fingerprint density at radius 1 is 1.36 bits per heavy atom. The van der Waals surface area contributed by atoms with Crippen LogP contribution >= 0.6 is 22.9 Å². The number of piperidine rings is 1. The van der Waals surface area contributed by atoms with Crippen LogP contribution in [0, 0.1) is 22.6 Å². The summed E-state index contributed by atoms with van der Waals surface area (Å²) in [5.74, 6) is -0.547. The molecular formula is C32H32ClF2N7OS. The minimum absolute atomic E-state index is 0.00463. The van der Waals surface area contributed by atoms with Crippen LogP contribution in [0.3, 0.4) is 0 Å². The van der Waals surface area contributed by atoms with E-state index in [1.807, 2.05) is 4.90 Å². The maximum atomic E-state index is 17.0. The van der Waals surface area contributed by atoms with Gasteiger partial charge in [0.1, 0.15) is 29.0 Å². The predicted molar refractivity (Wildman–Crippen MR) is 172 cm³/mol. The fourth-order valence-electron chi connectivity index (χ4n) is 6.67. The van der Waals surface area contributed by atoms with Crippen LogP contribution in [0.4, 0.5) is 19.6 Å². The molecule has 2 bridgehead atoms. The van der Waals surface area contributed by atoms with E-state index in [1.54, 1.807) is 24.3 Å². The molecule has 3 aliphatic rings. The highest BCUT2D eigenvalue weighted by Gasteiger charge is 2.37. The first kappa shape index (κ1) is 23.8. The quantitative estimate of drug-likeness (QED) is 0.263. The average Bonchev–Trinajstić information content (AvgIpc) is 3.56. The SMILES string of the molecule is [2H]C([2H])([2H])N1CC/C(=C\F)[C@](C)(C([2H])([2H])Oc2nc(N3C[C@H]4CC[C@@H](C3)N4)c3cc(Cl)c(-c4cccc5sc(N)c(C#N)c45)c(F)c3n2)C1. The summed E-state index contributed by atoms with van der Waals surface area (Å²) in [6.45, 7) is -3.20. The van der Waals surface area contributed by atoms with Gasteiger partial charge in [0.15, 0.2) is 5.82 Å². The third-order valence-electron chi connectivity index (χ3n) is 8.85. The molecule has 228 valence electrons. The van der Waals surface area contributed by atoms with Gasteiger partial charge in [-0.15, -0.1) is 11.3 Å². The number of rotatable bonds is 5. The molecule has 3 aliphatic heterocycles. The number of halogens is 3. The first-order valence-corrected chi connectivity index (χ1v) is 15.5. The fraction of sp³-hybridized carbons (Fsp3) is 0.406. The van der Waals surface area contributed by atoms with E-state index in [1.165, 1.54) is 18.3 Å². The second-order valence-corrected chi connectivity index (χ2v) is 13.3. The molecule has 0 radical (unpaired) electrons. The van der Waals surface area contributed by atoms with E-state index in [9.17, 15) is 9.65 Å². The van der Waals surface area contributed by atoms with Gasteiger partial charge in [-0.1, -0.05) is 30.7 Å². The van der Waals surface area contributed by atoms with Crippen LogP contribution in [-0.2, 0) is 0 Å². The Morgan fingerprint density at radius 3 is 2.89 bits per heavy atom. The Hall–Kier alpha value is -3.56. The van der Waals surface area contributed by atoms with Crippen molar-refractivity contribution in [3.63, 3.8) is 0 Å². The summed E-state index contributed by atoms with van der Waals surface area (Å²) < 4.78 is 79.6. The molecule has 4 aromatic rings. The van der Waals surface area contributed by atoms with Crippen LogP contribution in [-0.4, -0.2) is 66.7 Å². The van der Waals surface area contributed by atoms with Crippen molar-refractivity contribution >= 4 is 54.7 Å². The zero-order valence-electron chi connectivity index (χ0n) is 28.8. The number of benzene rings is 2. The lowest BCUT2D eigenvalue weighted by molar-refractivity contribution is 0.109. The molecule has 0 aliphatic carbocycles. The van der Waals surface area contributed by atoms with Crippen molar-refractivity contribution in [2.45, 2.75) is 38.3 Å². The Kier molecular flexibility index (Phi) is 6.00. The Balaban J connectivity index is 1.41. The number of nitrogen functional groups attached to an aromatic ring is 1. The van der Waals surface area contributed by atoms with E-state index >= 15 is 4.39 Å². The zero-order valence-corrected chi connectivity index (χ0v) is 25.3. The second-order valence-electron chi connectivity index (χ2n) is 11.8. The number of fused-ring (bicyclic) bond motifs is 4. The van der Waals surface area contributed by atoms with Gasteiger partial charge in [0.05, 0.1) is 19.7 Å². The third kappa shape index (κ3) is 4.85. The molecule has 2 aromatic carbocycles. The van der Waals surface area contributed by atoms with Crippen molar-refractivity contribution in [3.8, 4) is 23.2 Å². The van der Waals surface area contributed by atoms with Crippen LogP contribution in [0.5, 0.6) is 6.01 Å². The molecule has 3 N–H and O–H groups in total. The maximum absolute atomic E-state index is 17.0. The minimum atomic E-state index is -2.74. The summed E-state index contributed by atoms with van der Waals surface area (Å²) >= 11 is 8.05. The number of aromatic nitrogens is 2. The number of nitriles is 1. The van der Waals surface area contributed by atoms with Crippen molar-refractivity contribution in [1.29, 1.82) is 5.26 Å². The molecule has 8 nitrogen and oxygen atoms in total.